The predicted molar refractivity (Wildman–Crippen MR) is 122 cm³/mol. The summed E-state index contributed by atoms with van der Waals surface area (Å²) in [5.41, 5.74) is 3.83. The van der Waals surface area contributed by atoms with Gasteiger partial charge in [-0.25, -0.2) is 4.79 Å². The van der Waals surface area contributed by atoms with Crippen molar-refractivity contribution >= 4 is 45.9 Å². The second-order valence-corrected chi connectivity index (χ2v) is 8.02. The highest BCUT2D eigenvalue weighted by molar-refractivity contribution is 7.99. The molecule has 1 N–H and O–H groups in total. The van der Waals surface area contributed by atoms with Crippen molar-refractivity contribution in [2.24, 2.45) is 0 Å². The number of nitrogens with zero attached hydrogens (tertiary/aromatic N) is 3. The Labute approximate surface area is 183 Å². The molecule has 0 atom stereocenters. The molecule has 158 valence electrons. The van der Waals surface area contributed by atoms with E-state index in [1.54, 1.807) is 24.3 Å². The first kappa shape index (κ1) is 20.9. The monoisotopic (exact) mass is 434 g/mol. The molecule has 4 aromatic rings. The maximum atomic E-state index is 12.5. The van der Waals surface area contributed by atoms with Gasteiger partial charge < -0.3 is 10.1 Å². The molecular weight excluding hydrogens is 412 g/mol. The van der Waals surface area contributed by atoms with Crippen LogP contribution in [0.2, 0.25) is 0 Å². The molecule has 0 radical (unpaired) electrons. The summed E-state index contributed by atoms with van der Waals surface area (Å²) >= 11 is 1.31. The molecule has 0 saturated carbocycles. The van der Waals surface area contributed by atoms with Crippen LogP contribution in [-0.2, 0) is 9.53 Å². The number of aryl methyl sites for hydroxylation is 1. The fourth-order valence-electron chi connectivity index (χ4n) is 3.30. The summed E-state index contributed by atoms with van der Waals surface area (Å²) in [6, 6.07) is 16.8. The number of hydrogen-bond donors (Lipinski definition) is 1. The Morgan fingerprint density at radius 2 is 1.94 bits per heavy atom. The molecule has 0 fully saturated rings. The van der Waals surface area contributed by atoms with Crippen LogP contribution < -0.4 is 5.32 Å². The average molecular weight is 435 g/mol. The van der Waals surface area contributed by atoms with Gasteiger partial charge in [-0.1, -0.05) is 43.0 Å². The number of rotatable bonds is 7. The third kappa shape index (κ3) is 4.54. The van der Waals surface area contributed by atoms with Gasteiger partial charge in [0, 0.05) is 11.1 Å². The Kier molecular flexibility index (Phi) is 6.18. The second kappa shape index (κ2) is 9.18. The summed E-state index contributed by atoms with van der Waals surface area (Å²) in [7, 11) is 0. The highest BCUT2D eigenvalue weighted by atomic mass is 32.2. The number of thioether (sulfide) groups is 1. The van der Waals surface area contributed by atoms with Gasteiger partial charge in [0.15, 0.2) is 10.8 Å². The van der Waals surface area contributed by atoms with Crippen molar-refractivity contribution in [3.63, 3.8) is 0 Å². The van der Waals surface area contributed by atoms with E-state index in [1.807, 2.05) is 42.5 Å². The van der Waals surface area contributed by atoms with E-state index in [2.05, 4.69) is 21.6 Å². The number of fused-ring (bicyclic) bond motifs is 3. The lowest BCUT2D eigenvalue weighted by molar-refractivity contribution is -0.113. The number of carbonyl (C=O) groups excluding carboxylic acids is 2. The molecule has 8 heteroatoms. The second-order valence-electron chi connectivity index (χ2n) is 7.07. The molecule has 4 rings (SSSR count). The third-order valence-corrected chi connectivity index (χ3v) is 5.65. The molecule has 0 unspecified atom stereocenters. The number of ether oxygens (including phenoxy) is 1. The van der Waals surface area contributed by atoms with Crippen molar-refractivity contribution in [1.29, 1.82) is 0 Å². The van der Waals surface area contributed by atoms with Gasteiger partial charge in [0.1, 0.15) is 0 Å². The summed E-state index contributed by atoms with van der Waals surface area (Å²) in [6.07, 6.45) is 0.756. The topological polar surface area (TPSA) is 85.6 Å². The molecule has 0 spiro atoms. The van der Waals surface area contributed by atoms with Crippen LogP contribution in [0.5, 0.6) is 0 Å². The van der Waals surface area contributed by atoms with Gasteiger partial charge in [0.2, 0.25) is 5.91 Å². The van der Waals surface area contributed by atoms with Crippen LogP contribution in [0.25, 0.3) is 16.6 Å². The number of esters is 1. The van der Waals surface area contributed by atoms with Crippen molar-refractivity contribution in [2.75, 3.05) is 17.7 Å². The molecule has 0 saturated heterocycles. The van der Waals surface area contributed by atoms with Gasteiger partial charge in [-0.15, -0.1) is 10.2 Å². The van der Waals surface area contributed by atoms with Crippen molar-refractivity contribution in [2.45, 2.75) is 25.4 Å². The van der Waals surface area contributed by atoms with Crippen LogP contribution in [-0.4, -0.2) is 38.8 Å². The number of pyridine rings is 1. The minimum atomic E-state index is -0.399. The quantitative estimate of drug-likeness (QED) is 0.341. The molecule has 31 heavy (non-hydrogen) atoms. The van der Waals surface area contributed by atoms with E-state index in [4.69, 9.17) is 4.74 Å². The van der Waals surface area contributed by atoms with Crippen LogP contribution in [0.4, 0.5) is 5.69 Å². The molecule has 1 amide bonds. The van der Waals surface area contributed by atoms with E-state index in [1.165, 1.54) is 11.8 Å². The van der Waals surface area contributed by atoms with Crippen LogP contribution >= 0.6 is 11.8 Å². The summed E-state index contributed by atoms with van der Waals surface area (Å²) < 4.78 is 7.11. The van der Waals surface area contributed by atoms with E-state index in [9.17, 15) is 9.59 Å². The maximum absolute atomic E-state index is 12.5. The number of hydrogen-bond acceptors (Lipinski definition) is 6. The minimum Gasteiger partial charge on any atom is -0.462 e. The first-order valence-corrected chi connectivity index (χ1v) is 11.0. The van der Waals surface area contributed by atoms with Gasteiger partial charge in [-0.3, -0.25) is 9.20 Å². The summed E-state index contributed by atoms with van der Waals surface area (Å²) in [5.74, 6) is -0.435. The van der Waals surface area contributed by atoms with E-state index < -0.39 is 5.97 Å². The molecule has 0 aliphatic carbocycles. The summed E-state index contributed by atoms with van der Waals surface area (Å²) in [6.45, 7) is 4.35. The minimum absolute atomic E-state index is 0.160. The number of benzene rings is 2. The molecule has 2 heterocycles. The largest absolute Gasteiger partial charge is 0.462 e. The molecule has 2 aromatic carbocycles. The molecule has 7 nitrogen and oxygen atoms in total. The molecule has 0 aliphatic heterocycles. The van der Waals surface area contributed by atoms with Crippen LogP contribution in [0.3, 0.4) is 0 Å². The van der Waals surface area contributed by atoms with E-state index in [0.29, 0.717) is 23.0 Å². The first-order chi connectivity index (χ1) is 15.1. The van der Waals surface area contributed by atoms with Crippen LogP contribution in [0.1, 0.15) is 29.3 Å². The third-order valence-electron chi connectivity index (χ3n) is 4.73. The van der Waals surface area contributed by atoms with E-state index >= 15 is 0 Å². The van der Waals surface area contributed by atoms with Crippen molar-refractivity contribution < 1.29 is 14.3 Å². The predicted octanol–water partition coefficient (Wildman–Crippen LogP) is 4.49. The van der Waals surface area contributed by atoms with Gasteiger partial charge in [-0.2, -0.15) is 0 Å². The fourth-order valence-corrected chi connectivity index (χ4v) is 4.05. The number of nitrogens with one attached hydrogen (secondary N) is 1. The average Bonchev–Trinajstić information content (AvgIpc) is 3.19. The van der Waals surface area contributed by atoms with E-state index in [0.717, 1.165) is 28.5 Å². The Bertz CT molecular complexity index is 1270. The number of para-hydroxylation sites is 1. The van der Waals surface area contributed by atoms with Gasteiger partial charge in [-0.05, 0) is 49.2 Å². The lowest BCUT2D eigenvalue weighted by atomic mass is 10.1. The zero-order chi connectivity index (χ0) is 21.8. The molecule has 0 bridgehead atoms. The number of amides is 1. The zero-order valence-electron chi connectivity index (χ0n) is 17.3. The highest BCUT2D eigenvalue weighted by Crippen LogP contribution is 2.25. The lowest BCUT2D eigenvalue weighted by Gasteiger charge is -2.08. The summed E-state index contributed by atoms with van der Waals surface area (Å²) in [4.78, 5) is 24.5. The SMILES string of the molecule is CCCOC(=O)c1cccc(NC(=O)CSc2nnc3cc(C)c4ccccc4n23)c1. The molecule has 2 aromatic heterocycles. The molecule has 0 aliphatic rings. The normalized spacial score (nSPS) is 11.0. The highest BCUT2D eigenvalue weighted by Gasteiger charge is 2.14. The first-order valence-electron chi connectivity index (χ1n) is 10.00. The number of anilines is 1. The van der Waals surface area contributed by atoms with Gasteiger partial charge in [0.05, 0.1) is 23.4 Å². The fraction of sp³-hybridized carbons (Fsp3) is 0.217. The van der Waals surface area contributed by atoms with Crippen molar-refractivity contribution in [1.82, 2.24) is 14.6 Å². The standard InChI is InChI=1S/C23H22N4O3S/c1-3-11-30-22(29)16-7-6-8-17(13-16)24-21(28)14-31-23-26-25-20-12-15(2)18-9-4-5-10-19(18)27(20)23/h4-10,12-13H,3,11,14H2,1-2H3,(H,24,28). The van der Waals surface area contributed by atoms with Crippen LogP contribution in [0, 0.1) is 6.92 Å². The van der Waals surface area contributed by atoms with Crippen molar-refractivity contribution in [3.8, 4) is 0 Å². The Morgan fingerprint density at radius 1 is 1.10 bits per heavy atom. The number of aromatic nitrogens is 3. The number of carbonyl (C=O) groups is 2. The zero-order valence-corrected chi connectivity index (χ0v) is 18.1. The van der Waals surface area contributed by atoms with Crippen molar-refractivity contribution in [3.05, 3.63) is 65.7 Å². The maximum Gasteiger partial charge on any atom is 0.338 e. The van der Waals surface area contributed by atoms with E-state index in [-0.39, 0.29) is 11.7 Å². The van der Waals surface area contributed by atoms with Gasteiger partial charge in [0.25, 0.3) is 0 Å². The van der Waals surface area contributed by atoms with Gasteiger partial charge >= 0.3 is 5.97 Å². The Hall–Kier alpha value is -3.39. The lowest BCUT2D eigenvalue weighted by Crippen LogP contribution is -2.15. The summed E-state index contributed by atoms with van der Waals surface area (Å²) in [5, 5.41) is 13.1. The van der Waals surface area contributed by atoms with Crippen LogP contribution in [0.15, 0.2) is 59.8 Å². The molecular formula is C23H22N4O3S. The Balaban J connectivity index is 1.47. The smallest absolute Gasteiger partial charge is 0.338 e. The Morgan fingerprint density at radius 3 is 2.77 bits per heavy atom.